The van der Waals surface area contributed by atoms with E-state index in [2.05, 4.69) is 20.8 Å². The molecule has 1 aromatic heterocycles. The number of aromatic nitrogens is 4. The summed E-state index contributed by atoms with van der Waals surface area (Å²) in [5, 5.41) is 13.2. The van der Waals surface area contributed by atoms with Crippen molar-refractivity contribution in [3.63, 3.8) is 0 Å². The Morgan fingerprint density at radius 2 is 2.29 bits per heavy atom. The first kappa shape index (κ1) is 15.0. The summed E-state index contributed by atoms with van der Waals surface area (Å²) in [4.78, 5) is 12.0. The lowest BCUT2D eigenvalue weighted by Crippen LogP contribution is -2.40. The van der Waals surface area contributed by atoms with E-state index in [0.29, 0.717) is 5.69 Å². The third-order valence-electron chi connectivity index (χ3n) is 3.38. The number of carbonyl (C=O) groups is 1. The molecule has 2 atom stereocenters. The van der Waals surface area contributed by atoms with E-state index < -0.39 is 17.8 Å². The van der Waals surface area contributed by atoms with Gasteiger partial charge in [0.1, 0.15) is 12.1 Å². The van der Waals surface area contributed by atoms with Crippen LogP contribution in [0.15, 0.2) is 24.5 Å². The summed E-state index contributed by atoms with van der Waals surface area (Å²) >= 11 is 0. The molecule has 0 fully saturated rings. The smallest absolute Gasteiger partial charge is 0.241 e. The van der Waals surface area contributed by atoms with E-state index >= 15 is 0 Å². The minimum Gasteiger partial charge on any atom is -0.322 e. The third kappa shape index (κ3) is 3.40. The normalized spacial score (nSPS) is 13.7. The molecule has 2 rings (SSSR count). The third-order valence-corrected chi connectivity index (χ3v) is 3.38. The summed E-state index contributed by atoms with van der Waals surface area (Å²) < 4.78 is 15.2. The lowest BCUT2D eigenvalue weighted by Gasteiger charge is -2.18. The summed E-state index contributed by atoms with van der Waals surface area (Å²) in [6.07, 6.45) is 2.14. The second-order valence-corrected chi connectivity index (χ2v) is 4.82. The highest BCUT2D eigenvalue weighted by molar-refractivity contribution is 5.95. The molecule has 21 heavy (non-hydrogen) atoms. The summed E-state index contributed by atoms with van der Waals surface area (Å²) in [7, 11) is 0. The Bertz CT molecular complexity index is 615. The molecule has 0 aliphatic heterocycles. The molecular weight excluding hydrogens is 275 g/mol. The first-order valence-electron chi connectivity index (χ1n) is 6.62. The number of nitrogens with one attached hydrogen (secondary N) is 1. The number of amides is 1. The largest absolute Gasteiger partial charge is 0.322 e. The first-order valence-corrected chi connectivity index (χ1v) is 6.62. The predicted molar refractivity (Wildman–Crippen MR) is 75.2 cm³/mol. The van der Waals surface area contributed by atoms with Crippen molar-refractivity contribution in [2.45, 2.75) is 26.3 Å². The van der Waals surface area contributed by atoms with E-state index in [9.17, 15) is 9.18 Å². The molecule has 0 saturated heterocycles. The molecular formula is C13H17FN6O. The number of nitrogens with two attached hydrogens (primary N) is 1. The van der Waals surface area contributed by atoms with Crippen LogP contribution in [-0.2, 0) is 4.79 Å². The molecule has 3 N–H and O–H groups in total. The number of nitrogens with zero attached hydrogens (tertiary/aromatic N) is 4. The van der Waals surface area contributed by atoms with E-state index in [4.69, 9.17) is 5.73 Å². The second kappa shape index (κ2) is 6.40. The molecule has 7 nitrogen and oxygen atoms in total. The summed E-state index contributed by atoms with van der Waals surface area (Å²) in [5.74, 6) is -0.954. The van der Waals surface area contributed by atoms with Crippen molar-refractivity contribution in [2.24, 2.45) is 11.7 Å². The predicted octanol–water partition coefficient (Wildman–Crippen LogP) is 1.11. The Balaban J connectivity index is 2.20. The second-order valence-electron chi connectivity index (χ2n) is 4.82. The van der Waals surface area contributed by atoms with Crippen LogP contribution in [0.5, 0.6) is 0 Å². The fourth-order valence-corrected chi connectivity index (χ4v) is 1.76. The Morgan fingerprint density at radius 1 is 1.52 bits per heavy atom. The Morgan fingerprint density at radius 3 is 2.90 bits per heavy atom. The number of benzene rings is 1. The van der Waals surface area contributed by atoms with Crippen molar-refractivity contribution in [1.29, 1.82) is 0 Å². The fourth-order valence-electron chi connectivity index (χ4n) is 1.76. The van der Waals surface area contributed by atoms with Crippen LogP contribution in [-0.4, -0.2) is 32.2 Å². The van der Waals surface area contributed by atoms with Crippen molar-refractivity contribution in [3.8, 4) is 5.69 Å². The maximum absolute atomic E-state index is 13.8. The van der Waals surface area contributed by atoms with Gasteiger partial charge in [-0.25, -0.2) is 9.07 Å². The average Bonchev–Trinajstić information content (AvgIpc) is 3.02. The highest BCUT2D eigenvalue weighted by Crippen LogP contribution is 2.19. The molecule has 2 unspecified atom stereocenters. The molecule has 8 heteroatoms. The van der Waals surface area contributed by atoms with Gasteiger partial charge < -0.3 is 11.1 Å². The lowest BCUT2D eigenvalue weighted by atomic mass is 9.99. The van der Waals surface area contributed by atoms with Gasteiger partial charge >= 0.3 is 0 Å². The molecule has 1 amide bonds. The van der Waals surface area contributed by atoms with Crippen molar-refractivity contribution in [3.05, 3.63) is 30.3 Å². The van der Waals surface area contributed by atoms with Crippen LogP contribution in [0.2, 0.25) is 0 Å². The number of tetrazole rings is 1. The molecule has 112 valence electrons. The van der Waals surface area contributed by atoms with Gasteiger partial charge in [0.05, 0.1) is 17.4 Å². The van der Waals surface area contributed by atoms with Gasteiger partial charge in [0, 0.05) is 0 Å². The summed E-state index contributed by atoms with van der Waals surface area (Å²) in [6, 6.07) is 3.51. The van der Waals surface area contributed by atoms with Gasteiger partial charge in [0.2, 0.25) is 5.91 Å². The monoisotopic (exact) mass is 292 g/mol. The molecule has 1 heterocycles. The topological polar surface area (TPSA) is 98.7 Å². The van der Waals surface area contributed by atoms with E-state index in [1.54, 1.807) is 0 Å². The van der Waals surface area contributed by atoms with Gasteiger partial charge in [-0.15, -0.1) is 5.10 Å². The number of hydrogen-bond acceptors (Lipinski definition) is 5. The minimum absolute atomic E-state index is 0.00996. The van der Waals surface area contributed by atoms with Crippen molar-refractivity contribution in [2.75, 3.05) is 5.32 Å². The van der Waals surface area contributed by atoms with Gasteiger partial charge in [0.25, 0.3) is 0 Å². The zero-order valence-electron chi connectivity index (χ0n) is 11.8. The Kier molecular flexibility index (Phi) is 4.59. The van der Waals surface area contributed by atoms with Crippen LogP contribution in [0, 0.1) is 11.7 Å². The van der Waals surface area contributed by atoms with Crippen molar-refractivity contribution in [1.82, 2.24) is 20.2 Å². The number of halogens is 1. The van der Waals surface area contributed by atoms with Gasteiger partial charge in [-0.2, -0.15) is 0 Å². The quantitative estimate of drug-likeness (QED) is 0.860. The molecule has 2 aromatic rings. The molecule has 0 bridgehead atoms. The van der Waals surface area contributed by atoms with Crippen molar-refractivity contribution >= 4 is 11.6 Å². The molecule has 0 aliphatic rings. The van der Waals surface area contributed by atoms with Crippen LogP contribution in [0.3, 0.4) is 0 Å². The highest BCUT2D eigenvalue weighted by Gasteiger charge is 2.20. The van der Waals surface area contributed by atoms with Crippen molar-refractivity contribution < 1.29 is 9.18 Å². The molecule has 0 spiro atoms. The Labute approximate surface area is 121 Å². The number of rotatable bonds is 5. The fraction of sp³-hybridized carbons (Fsp3) is 0.385. The van der Waals surface area contributed by atoms with Crippen LogP contribution >= 0.6 is 0 Å². The zero-order valence-corrected chi connectivity index (χ0v) is 11.8. The SMILES string of the molecule is CCC(C)C(N)C(=O)Nc1cc(-n2cnnn2)ccc1F. The van der Waals surface area contributed by atoms with Gasteiger partial charge in [-0.3, -0.25) is 4.79 Å². The van der Waals surface area contributed by atoms with Crippen LogP contribution < -0.4 is 11.1 Å². The summed E-state index contributed by atoms with van der Waals surface area (Å²) in [5.41, 5.74) is 6.41. The van der Waals surface area contributed by atoms with E-state index in [1.165, 1.54) is 29.2 Å². The summed E-state index contributed by atoms with van der Waals surface area (Å²) in [6.45, 7) is 3.81. The van der Waals surface area contributed by atoms with Crippen LogP contribution in [0.25, 0.3) is 5.69 Å². The first-order chi connectivity index (χ1) is 10.0. The molecule has 0 aliphatic carbocycles. The molecule has 1 aromatic carbocycles. The maximum Gasteiger partial charge on any atom is 0.241 e. The van der Waals surface area contributed by atoms with Crippen LogP contribution in [0.1, 0.15) is 20.3 Å². The Hall–Kier alpha value is -2.35. The minimum atomic E-state index is -0.689. The van der Waals surface area contributed by atoms with Gasteiger partial charge in [0.15, 0.2) is 0 Å². The van der Waals surface area contributed by atoms with E-state index in [0.717, 1.165) is 6.42 Å². The molecule has 0 saturated carbocycles. The zero-order chi connectivity index (χ0) is 15.4. The van der Waals surface area contributed by atoms with E-state index in [-0.39, 0.29) is 11.6 Å². The van der Waals surface area contributed by atoms with Gasteiger partial charge in [-0.1, -0.05) is 20.3 Å². The van der Waals surface area contributed by atoms with E-state index in [1.807, 2.05) is 13.8 Å². The number of hydrogen-bond donors (Lipinski definition) is 2. The number of anilines is 1. The lowest BCUT2D eigenvalue weighted by molar-refractivity contribution is -0.118. The molecule has 0 radical (unpaired) electrons. The van der Waals surface area contributed by atoms with Crippen LogP contribution in [0.4, 0.5) is 10.1 Å². The number of carbonyl (C=O) groups excluding carboxylic acids is 1. The highest BCUT2D eigenvalue weighted by atomic mass is 19.1. The standard InChI is InChI=1S/C13H17FN6O/c1-3-8(2)12(15)13(21)17-11-6-9(4-5-10(11)14)20-7-16-18-19-20/h4-8,12H,3,15H2,1-2H3,(H,17,21). The maximum atomic E-state index is 13.8. The van der Waals surface area contributed by atoms with Gasteiger partial charge in [-0.05, 0) is 34.5 Å². The average molecular weight is 292 g/mol.